The summed E-state index contributed by atoms with van der Waals surface area (Å²) in [5, 5.41) is 5.70. The number of para-hydroxylation sites is 2. The Bertz CT molecular complexity index is 995. The van der Waals surface area contributed by atoms with Crippen molar-refractivity contribution in [1.82, 2.24) is 5.32 Å². The summed E-state index contributed by atoms with van der Waals surface area (Å²) < 4.78 is 0. The Labute approximate surface area is 183 Å². The second-order valence-electron chi connectivity index (χ2n) is 8.28. The lowest BCUT2D eigenvalue weighted by atomic mass is 9.83. The highest BCUT2D eigenvalue weighted by atomic mass is 16.2. The van der Waals surface area contributed by atoms with Gasteiger partial charge in [0, 0.05) is 24.2 Å². The standard InChI is InChI=1S/C25H30N4O2/c1-3-17-11-7-9-15-20(17)26-25(31)28-23-24(30)29(2)21-16-10-8-14-19(21)22(27-23)18-12-5-4-6-13-18/h7-11,14-16,18,23H,3-6,12-13H2,1-2H3,(H2,26,28,31). The Morgan fingerprint density at radius 3 is 2.55 bits per heavy atom. The maximum absolute atomic E-state index is 13.2. The van der Waals surface area contributed by atoms with Gasteiger partial charge in [0.2, 0.25) is 6.17 Å². The number of hydrogen-bond acceptors (Lipinski definition) is 3. The lowest BCUT2D eigenvalue weighted by molar-refractivity contribution is -0.119. The molecule has 2 aromatic carbocycles. The van der Waals surface area contributed by atoms with Crippen molar-refractivity contribution in [2.45, 2.75) is 51.6 Å². The van der Waals surface area contributed by atoms with Crippen molar-refractivity contribution in [3.8, 4) is 0 Å². The molecule has 0 saturated heterocycles. The van der Waals surface area contributed by atoms with Crippen LogP contribution in [0.15, 0.2) is 53.5 Å². The van der Waals surface area contributed by atoms with E-state index < -0.39 is 12.2 Å². The largest absolute Gasteiger partial charge is 0.321 e. The van der Waals surface area contributed by atoms with Crippen LogP contribution in [0.5, 0.6) is 0 Å². The molecule has 2 aliphatic rings. The van der Waals surface area contributed by atoms with E-state index >= 15 is 0 Å². The molecule has 1 aliphatic carbocycles. The number of aliphatic imine (C=N–C) groups is 1. The first-order chi connectivity index (χ1) is 15.1. The van der Waals surface area contributed by atoms with Crippen LogP contribution in [0.3, 0.4) is 0 Å². The van der Waals surface area contributed by atoms with E-state index in [0.29, 0.717) is 5.92 Å². The zero-order valence-electron chi connectivity index (χ0n) is 18.2. The normalized spacial score (nSPS) is 19.3. The van der Waals surface area contributed by atoms with E-state index in [9.17, 15) is 9.59 Å². The Hall–Kier alpha value is -3.15. The molecule has 1 atom stereocenters. The summed E-state index contributed by atoms with van der Waals surface area (Å²) in [4.78, 5) is 32.5. The summed E-state index contributed by atoms with van der Waals surface area (Å²) in [6.45, 7) is 2.04. The predicted molar refractivity (Wildman–Crippen MR) is 125 cm³/mol. The van der Waals surface area contributed by atoms with Crippen LogP contribution in [-0.4, -0.2) is 30.9 Å². The number of carbonyl (C=O) groups is 2. The summed E-state index contributed by atoms with van der Waals surface area (Å²) in [6.07, 6.45) is 5.56. The molecule has 1 aliphatic heterocycles. The summed E-state index contributed by atoms with van der Waals surface area (Å²) in [6, 6.07) is 15.2. The van der Waals surface area contributed by atoms with Crippen molar-refractivity contribution < 1.29 is 9.59 Å². The third-order valence-electron chi connectivity index (χ3n) is 6.28. The van der Waals surface area contributed by atoms with Gasteiger partial charge in [-0.2, -0.15) is 0 Å². The highest BCUT2D eigenvalue weighted by molar-refractivity contribution is 6.14. The van der Waals surface area contributed by atoms with E-state index in [1.807, 2.05) is 55.5 Å². The SMILES string of the molecule is CCc1ccccc1NC(=O)NC1N=C(C2CCCCC2)c2ccccc2N(C)C1=O. The molecule has 0 radical (unpaired) electrons. The maximum Gasteiger partial charge on any atom is 0.321 e. The fraction of sp³-hybridized carbons (Fsp3) is 0.400. The molecule has 1 unspecified atom stereocenters. The number of carbonyl (C=O) groups excluding carboxylic acids is 2. The molecule has 2 aromatic rings. The van der Waals surface area contributed by atoms with Gasteiger partial charge in [0.15, 0.2) is 0 Å². The minimum Gasteiger partial charge on any atom is -0.311 e. The van der Waals surface area contributed by atoms with Gasteiger partial charge in [0.1, 0.15) is 0 Å². The quantitative estimate of drug-likeness (QED) is 0.752. The highest BCUT2D eigenvalue weighted by Crippen LogP contribution is 2.33. The van der Waals surface area contributed by atoms with Gasteiger partial charge in [0.05, 0.1) is 11.4 Å². The molecule has 0 aromatic heterocycles. The molecular formula is C25H30N4O2. The van der Waals surface area contributed by atoms with Crippen LogP contribution in [0.2, 0.25) is 0 Å². The van der Waals surface area contributed by atoms with Gasteiger partial charge >= 0.3 is 6.03 Å². The highest BCUT2D eigenvalue weighted by Gasteiger charge is 2.33. The smallest absolute Gasteiger partial charge is 0.311 e. The van der Waals surface area contributed by atoms with Crippen molar-refractivity contribution in [3.05, 3.63) is 59.7 Å². The van der Waals surface area contributed by atoms with Gasteiger partial charge in [-0.1, -0.05) is 62.6 Å². The lowest BCUT2D eigenvalue weighted by Crippen LogP contribution is -2.47. The van der Waals surface area contributed by atoms with Crippen LogP contribution in [0.1, 0.15) is 50.2 Å². The Kier molecular flexibility index (Phi) is 6.35. The molecule has 1 heterocycles. The van der Waals surface area contributed by atoms with E-state index in [1.165, 1.54) is 19.3 Å². The number of anilines is 2. The Balaban J connectivity index is 1.63. The third-order valence-corrected chi connectivity index (χ3v) is 6.28. The fourth-order valence-electron chi connectivity index (χ4n) is 4.58. The molecule has 162 valence electrons. The van der Waals surface area contributed by atoms with Crippen LogP contribution < -0.4 is 15.5 Å². The summed E-state index contributed by atoms with van der Waals surface area (Å²) >= 11 is 0. The van der Waals surface area contributed by atoms with Crippen molar-refractivity contribution >= 4 is 29.0 Å². The number of nitrogens with one attached hydrogen (secondary N) is 2. The summed E-state index contributed by atoms with van der Waals surface area (Å²) in [5.41, 5.74) is 4.56. The fourth-order valence-corrected chi connectivity index (χ4v) is 4.58. The average Bonchev–Trinajstić information content (AvgIpc) is 2.91. The van der Waals surface area contributed by atoms with Crippen molar-refractivity contribution in [2.75, 3.05) is 17.3 Å². The first-order valence-electron chi connectivity index (χ1n) is 11.2. The minimum absolute atomic E-state index is 0.239. The van der Waals surface area contributed by atoms with E-state index in [1.54, 1.807) is 11.9 Å². The molecule has 1 saturated carbocycles. The maximum atomic E-state index is 13.2. The zero-order chi connectivity index (χ0) is 21.8. The zero-order valence-corrected chi connectivity index (χ0v) is 18.2. The number of likely N-dealkylation sites (N-methyl/N-ethyl adjacent to an activating group) is 1. The molecule has 6 nitrogen and oxygen atoms in total. The number of amides is 3. The second-order valence-corrected chi connectivity index (χ2v) is 8.28. The van der Waals surface area contributed by atoms with Gasteiger partial charge in [-0.05, 0) is 37.0 Å². The number of hydrogen-bond donors (Lipinski definition) is 2. The van der Waals surface area contributed by atoms with Crippen molar-refractivity contribution in [3.63, 3.8) is 0 Å². The van der Waals surface area contributed by atoms with E-state index in [2.05, 4.69) is 10.6 Å². The van der Waals surface area contributed by atoms with E-state index in [4.69, 9.17) is 4.99 Å². The first kappa shape index (κ1) is 21.1. The molecule has 0 spiro atoms. The van der Waals surface area contributed by atoms with Gasteiger partial charge in [-0.25, -0.2) is 4.79 Å². The average molecular weight is 419 g/mol. The van der Waals surface area contributed by atoms with Crippen LogP contribution >= 0.6 is 0 Å². The minimum atomic E-state index is -0.955. The number of aryl methyl sites for hydroxylation is 1. The molecule has 2 N–H and O–H groups in total. The number of benzene rings is 2. The molecular weight excluding hydrogens is 388 g/mol. The van der Waals surface area contributed by atoms with Crippen molar-refractivity contribution in [2.24, 2.45) is 10.9 Å². The number of benzodiazepines with no additional fused rings is 1. The van der Waals surface area contributed by atoms with E-state index in [-0.39, 0.29) is 5.91 Å². The van der Waals surface area contributed by atoms with Crippen LogP contribution in [0, 0.1) is 5.92 Å². The second kappa shape index (κ2) is 9.33. The molecule has 0 bridgehead atoms. The number of rotatable bonds is 4. The van der Waals surface area contributed by atoms with Gasteiger partial charge in [-0.15, -0.1) is 0 Å². The topological polar surface area (TPSA) is 73.8 Å². The molecule has 1 fully saturated rings. The van der Waals surface area contributed by atoms with Gasteiger partial charge in [0.25, 0.3) is 5.91 Å². The summed E-state index contributed by atoms with van der Waals surface area (Å²) in [7, 11) is 1.75. The monoisotopic (exact) mass is 418 g/mol. The number of urea groups is 1. The number of nitrogens with zero attached hydrogens (tertiary/aromatic N) is 2. The number of fused-ring (bicyclic) bond motifs is 1. The molecule has 4 rings (SSSR count). The predicted octanol–water partition coefficient (Wildman–Crippen LogP) is 4.74. The van der Waals surface area contributed by atoms with Gasteiger partial charge in [-0.3, -0.25) is 9.79 Å². The van der Waals surface area contributed by atoms with Crippen LogP contribution in [0.4, 0.5) is 16.2 Å². The van der Waals surface area contributed by atoms with Crippen LogP contribution in [-0.2, 0) is 11.2 Å². The molecule has 6 heteroatoms. The summed E-state index contributed by atoms with van der Waals surface area (Å²) in [5.74, 6) is 0.0690. The van der Waals surface area contributed by atoms with E-state index in [0.717, 1.165) is 47.5 Å². The van der Waals surface area contributed by atoms with Crippen LogP contribution in [0.25, 0.3) is 0 Å². The lowest BCUT2D eigenvalue weighted by Gasteiger charge is -2.25. The first-order valence-corrected chi connectivity index (χ1v) is 11.2. The molecule has 3 amide bonds. The molecule has 31 heavy (non-hydrogen) atoms. The Morgan fingerprint density at radius 2 is 1.77 bits per heavy atom. The Morgan fingerprint density at radius 1 is 1.06 bits per heavy atom. The van der Waals surface area contributed by atoms with Crippen molar-refractivity contribution in [1.29, 1.82) is 0 Å². The van der Waals surface area contributed by atoms with Gasteiger partial charge < -0.3 is 15.5 Å². The third kappa shape index (κ3) is 4.48.